The van der Waals surface area contributed by atoms with Crippen LogP contribution in [0.1, 0.15) is 72.2 Å². The lowest BCUT2D eigenvalue weighted by atomic mass is 9.98. The van der Waals surface area contributed by atoms with E-state index in [1.807, 2.05) is 0 Å². The van der Waals surface area contributed by atoms with E-state index in [1.54, 1.807) is 33.8 Å². The SMILES string of the molecule is C=C[C@H](C)Nc1nc2c(c(=O)n1-c1ccc(C(=O)N(C)C(=O)O[C@@H](C)OC(=O)[C@@H](N)C(C)C)cc1)C[C@@H](C)N(C(=O)c1ccc(Br)c(C(F)(F)F)c1)C2.Cl. The average molecular weight is 842 g/mol. The zero-order valence-electron chi connectivity index (χ0n) is 30.3. The number of esters is 1. The molecule has 0 bridgehead atoms. The molecule has 3 N–H and O–H groups in total. The number of hydrogen-bond acceptors (Lipinski definition) is 10. The van der Waals surface area contributed by atoms with Crippen molar-refractivity contribution in [1.82, 2.24) is 19.4 Å². The van der Waals surface area contributed by atoms with Crippen LogP contribution in [-0.4, -0.2) is 74.7 Å². The lowest BCUT2D eigenvalue weighted by molar-refractivity contribution is -0.168. The number of fused-ring (bicyclic) bond motifs is 1. The number of amides is 3. The molecule has 2 aromatic carbocycles. The number of hydrogen-bond donors (Lipinski definition) is 2. The maximum atomic E-state index is 14.1. The second-order valence-corrected chi connectivity index (χ2v) is 13.8. The monoisotopic (exact) mass is 840 g/mol. The van der Waals surface area contributed by atoms with Crippen LogP contribution in [0, 0.1) is 5.92 Å². The molecule has 1 aromatic heterocycles. The molecule has 4 atom stereocenters. The van der Waals surface area contributed by atoms with Crippen LogP contribution in [0.15, 0.2) is 64.4 Å². The highest BCUT2D eigenvalue weighted by Gasteiger charge is 2.36. The van der Waals surface area contributed by atoms with Gasteiger partial charge in [-0.2, -0.15) is 13.2 Å². The van der Waals surface area contributed by atoms with Crippen molar-refractivity contribution in [1.29, 1.82) is 0 Å². The van der Waals surface area contributed by atoms with Gasteiger partial charge in [-0.05, 0) is 68.7 Å². The van der Waals surface area contributed by atoms with Crippen molar-refractivity contribution in [3.05, 3.63) is 97.9 Å². The van der Waals surface area contributed by atoms with Gasteiger partial charge in [0.15, 0.2) is 0 Å². The normalized spacial score (nSPS) is 15.6. The third-order valence-electron chi connectivity index (χ3n) is 8.59. The largest absolute Gasteiger partial charge is 0.424 e. The van der Waals surface area contributed by atoms with Crippen LogP contribution < -0.4 is 16.6 Å². The highest BCUT2D eigenvalue weighted by molar-refractivity contribution is 9.10. The predicted molar refractivity (Wildman–Crippen MR) is 199 cm³/mol. The summed E-state index contributed by atoms with van der Waals surface area (Å²) < 4.78 is 52.0. The molecule has 0 saturated heterocycles. The molecular weight excluding hydrogens is 801 g/mol. The van der Waals surface area contributed by atoms with Crippen molar-refractivity contribution >= 4 is 58.2 Å². The molecule has 0 unspecified atom stereocenters. The number of carbonyl (C=O) groups excluding carboxylic acids is 4. The van der Waals surface area contributed by atoms with Crippen LogP contribution in [0.3, 0.4) is 0 Å². The van der Waals surface area contributed by atoms with Crippen LogP contribution in [0.5, 0.6) is 0 Å². The van der Waals surface area contributed by atoms with Crippen molar-refractivity contribution in [2.75, 3.05) is 12.4 Å². The maximum absolute atomic E-state index is 14.1. The number of nitrogens with two attached hydrogens (primary N) is 1. The zero-order valence-corrected chi connectivity index (χ0v) is 32.7. The fourth-order valence-electron chi connectivity index (χ4n) is 5.36. The van der Waals surface area contributed by atoms with Crippen molar-refractivity contribution in [2.24, 2.45) is 11.7 Å². The lowest BCUT2D eigenvalue weighted by Gasteiger charge is -2.35. The van der Waals surface area contributed by atoms with Gasteiger partial charge in [0.05, 0.1) is 23.5 Å². The first kappa shape index (κ1) is 43.7. The van der Waals surface area contributed by atoms with E-state index in [2.05, 4.69) is 32.8 Å². The number of nitrogens with zero attached hydrogens (tertiary/aromatic N) is 4. The summed E-state index contributed by atoms with van der Waals surface area (Å²) in [6.45, 7) is 11.8. The van der Waals surface area contributed by atoms with Gasteiger partial charge in [0.1, 0.15) is 6.04 Å². The minimum Gasteiger partial charge on any atom is -0.424 e. The fraction of sp³-hybridized carbons (Fsp3) is 0.389. The van der Waals surface area contributed by atoms with E-state index < -0.39 is 59.5 Å². The van der Waals surface area contributed by atoms with Crippen molar-refractivity contribution in [3.8, 4) is 5.69 Å². The summed E-state index contributed by atoms with van der Waals surface area (Å²) >= 11 is 2.90. The molecule has 0 aliphatic carbocycles. The van der Waals surface area contributed by atoms with Gasteiger partial charge in [-0.3, -0.25) is 19.2 Å². The van der Waals surface area contributed by atoms with Gasteiger partial charge in [0, 0.05) is 47.2 Å². The van der Waals surface area contributed by atoms with E-state index in [4.69, 9.17) is 15.2 Å². The van der Waals surface area contributed by atoms with Crippen LogP contribution >= 0.6 is 28.3 Å². The Kier molecular flexibility index (Phi) is 14.2. The molecule has 1 aliphatic heterocycles. The second kappa shape index (κ2) is 17.6. The van der Waals surface area contributed by atoms with Gasteiger partial charge in [-0.1, -0.05) is 35.9 Å². The molecule has 0 fully saturated rings. The number of rotatable bonds is 10. The van der Waals surface area contributed by atoms with Gasteiger partial charge < -0.3 is 25.4 Å². The molecule has 0 saturated carbocycles. The number of imide groups is 1. The molecule has 13 nitrogen and oxygen atoms in total. The van der Waals surface area contributed by atoms with E-state index in [1.165, 1.54) is 59.8 Å². The molecule has 0 radical (unpaired) electrons. The number of aromatic nitrogens is 2. The minimum absolute atomic E-state index is 0. The summed E-state index contributed by atoms with van der Waals surface area (Å²) in [5.74, 6) is -2.29. The van der Waals surface area contributed by atoms with E-state index in [-0.39, 0.29) is 64.6 Å². The quantitative estimate of drug-likeness (QED) is 0.139. The second-order valence-electron chi connectivity index (χ2n) is 12.9. The summed E-state index contributed by atoms with van der Waals surface area (Å²) in [5, 5.41) is 3.10. The first-order valence-corrected chi connectivity index (χ1v) is 17.3. The van der Waals surface area contributed by atoms with Crippen molar-refractivity contribution in [2.45, 2.75) is 78.2 Å². The van der Waals surface area contributed by atoms with Gasteiger partial charge >= 0.3 is 18.2 Å². The number of carbonyl (C=O) groups is 4. The third kappa shape index (κ3) is 9.67. The number of nitrogens with one attached hydrogen (secondary N) is 1. The number of halogens is 5. The van der Waals surface area contributed by atoms with E-state index >= 15 is 0 Å². The van der Waals surface area contributed by atoms with E-state index in [9.17, 15) is 37.1 Å². The average Bonchev–Trinajstić information content (AvgIpc) is 3.10. The van der Waals surface area contributed by atoms with Gasteiger partial charge in [0.25, 0.3) is 17.4 Å². The van der Waals surface area contributed by atoms with Crippen molar-refractivity contribution < 1.29 is 41.8 Å². The van der Waals surface area contributed by atoms with Crippen LogP contribution in [0.25, 0.3) is 5.69 Å². The number of alkyl halides is 3. The molecule has 54 heavy (non-hydrogen) atoms. The fourth-order valence-corrected chi connectivity index (χ4v) is 5.83. The van der Waals surface area contributed by atoms with E-state index in [0.717, 1.165) is 6.07 Å². The molecular formula is C36H41BrClF3N6O7. The van der Waals surface area contributed by atoms with Crippen LogP contribution in [0.2, 0.25) is 0 Å². The first-order chi connectivity index (χ1) is 24.7. The highest BCUT2D eigenvalue weighted by atomic mass is 79.9. The zero-order chi connectivity index (χ0) is 39.5. The summed E-state index contributed by atoms with van der Waals surface area (Å²) in [6, 6.07) is 7.14. The van der Waals surface area contributed by atoms with Crippen LogP contribution in [0.4, 0.5) is 23.9 Å². The molecule has 3 amide bonds. The number of benzene rings is 2. The Bertz CT molecular complexity index is 1980. The van der Waals surface area contributed by atoms with Gasteiger partial charge in [-0.25, -0.2) is 19.2 Å². The molecule has 3 aromatic rings. The Labute approximate surface area is 324 Å². The smallest absolute Gasteiger partial charge is 0.419 e. The van der Waals surface area contributed by atoms with Crippen molar-refractivity contribution in [3.63, 3.8) is 0 Å². The molecule has 0 spiro atoms. The summed E-state index contributed by atoms with van der Waals surface area (Å²) in [7, 11) is 1.19. The molecule has 292 valence electrons. The Balaban J connectivity index is 0.00000784. The van der Waals surface area contributed by atoms with Gasteiger partial charge in [-0.15, -0.1) is 19.0 Å². The predicted octanol–water partition coefficient (Wildman–Crippen LogP) is 6.09. The highest BCUT2D eigenvalue weighted by Crippen LogP contribution is 2.36. The third-order valence-corrected chi connectivity index (χ3v) is 9.29. The standard InChI is InChI=1S/C36H40BrF3N6O7.ClH/c1-8-19(4)42-34-43-28-17-45(31(48)23-11-14-27(37)26(16-23)36(38,39)40)20(5)15-25(28)32(49)46(34)24-12-9-22(10-13-24)30(47)44(7)35(51)53-21(6)52-33(50)29(41)18(2)3;/h8-14,16,18-21,29H,1,15,17,41H2,2-7H3,(H,42,43);1H/t19-,20+,21-,29-;/m0./s1. The Hall–Kier alpha value is -4.74. The molecule has 18 heteroatoms. The Morgan fingerprint density at radius 1 is 1.07 bits per heavy atom. The topological polar surface area (TPSA) is 166 Å². The number of anilines is 1. The maximum Gasteiger partial charge on any atom is 0.419 e. The Morgan fingerprint density at radius 3 is 2.26 bits per heavy atom. The summed E-state index contributed by atoms with van der Waals surface area (Å²) in [4.78, 5) is 72.3. The first-order valence-electron chi connectivity index (χ1n) is 16.5. The van der Waals surface area contributed by atoms with Crippen LogP contribution in [-0.2, 0) is 33.4 Å². The lowest BCUT2D eigenvalue weighted by Crippen LogP contribution is -2.46. The molecule has 2 heterocycles. The number of ether oxygens (including phenoxy) is 2. The summed E-state index contributed by atoms with van der Waals surface area (Å²) in [5.41, 5.74) is 5.10. The van der Waals surface area contributed by atoms with Gasteiger partial charge in [0.2, 0.25) is 12.2 Å². The minimum atomic E-state index is -4.68. The molecule has 4 rings (SSSR count). The Morgan fingerprint density at radius 2 is 1.69 bits per heavy atom. The molecule has 1 aliphatic rings. The van der Waals surface area contributed by atoms with E-state index in [0.29, 0.717) is 16.2 Å². The summed E-state index contributed by atoms with van der Waals surface area (Å²) in [6.07, 6.45) is -5.44.